The molecule has 0 aliphatic carbocycles. The molecule has 1 aliphatic heterocycles. The Morgan fingerprint density at radius 3 is 2.74 bits per heavy atom. The molecule has 0 fully saturated rings. The number of likely N-dealkylation sites (N-methyl/N-ethyl adjacent to an activating group) is 1. The topological polar surface area (TPSA) is 49.9 Å². The fourth-order valence-electron chi connectivity index (χ4n) is 1.96. The fourth-order valence-corrected chi connectivity index (χ4v) is 1.96. The number of nitrogens with zero attached hydrogens (tertiary/aromatic N) is 2. The number of amides is 2. The molecular formula is C14H18N2O3. The maximum Gasteiger partial charge on any atom is 0.268 e. The number of aryl methyl sites for hydroxylation is 1. The standard InChI is InChI=1S/C14H18N2O3/c1-9-5-6-11-12(7-9)19-10(2)14(18)16(11)8-13(17)15(3)4/h5-7,10H,8H2,1-4H3. The second kappa shape index (κ2) is 4.91. The number of anilines is 1. The van der Waals surface area contributed by atoms with Crippen LogP contribution in [-0.2, 0) is 9.59 Å². The lowest BCUT2D eigenvalue weighted by molar-refractivity contribution is -0.131. The van der Waals surface area contributed by atoms with Crippen molar-refractivity contribution in [2.45, 2.75) is 20.0 Å². The Bertz CT molecular complexity index is 525. The molecule has 5 nitrogen and oxygen atoms in total. The number of hydrogen-bond acceptors (Lipinski definition) is 3. The quantitative estimate of drug-likeness (QED) is 0.804. The van der Waals surface area contributed by atoms with Crippen LogP contribution in [0.3, 0.4) is 0 Å². The van der Waals surface area contributed by atoms with E-state index in [-0.39, 0.29) is 18.4 Å². The molecule has 1 aromatic carbocycles. The van der Waals surface area contributed by atoms with Gasteiger partial charge in [0.25, 0.3) is 5.91 Å². The van der Waals surface area contributed by atoms with E-state index in [1.807, 2.05) is 25.1 Å². The third-order valence-corrected chi connectivity index (χ3v) is 3.12. The van der Waals surface area contributed by atoms with Gasteiger partial charge in [0.1, 0.15) is 12.3 Å². The molecule has 5 heteroatoms. The molecule has 0 spiro atoms. The van der Waals surface area contributed by atoms with Gasteiger partial charge >= 0.3 is 0 Å². The van der Waals surface area contributed by atoms with Crippen LogP contribution in [0.5, 0.6) is 5.75 Å². The van der Waals surface area contributed by atoms with E-state index in [1.165, 1.54) is 9.80 Å². The maximum atomic E-state index is 12.2. The molecule has 1 aliphatic rings. The highest BCUT2D eigenvalue weighted by Gasteiger charge is 2.32. The first kappa shape index (κ1) is 13.4. The normalized spacial score (nSPS) is 17.8. The first-order valence-corrected chi connectivity index (χ1v) is 6.19. The lowest BCUT2D eigenvalue weighted by atomic mass is 10.1. The van der Waals surface area contributed by atoms with Crippen molar-refractivity contribution in [2.75, 3.05) is 25.5 Å². The van der Waals surface area contributed by atoms with Crippen LogP contribution in [0.15, 0.2) is 18.2 Å². The molecule has 19 heavy (non-hydrogen) atoms. The fraction of sp³-hybridized carbons (Fsp3) is 0.429. The molecule has 2 amide bonds. The monoisotopic (exact) mass is 262 g/mol. The summed E-state index contributed by atoms with van der Waals surface area (Å²) in [4.78, 5) is 27.0. The minimum atomic E-state index is -0.565. The molecule has 1 aromatic rings. The van der Waals surface area contributed by atoms with Crippen molar-refractivity contribution in [3.8, 4) is 5.75 Å². The first-order valence-electron chi connectivity index (χ1n) is 6.19. The van der Waals surface area contributed by atoms with E-state index in [2.05, 4.69) is 0 Å². The zero-order valence-electron chi connectivity index (χ0n) is 11.6. The Morgan fingerprint density at radius 2 is 2.11 bits per heavy atom. The molecular weight excluding hydrogens is 244 g/mol. The van der Waals surface area contributed by atoms with Crippen LogP contribution in [0.4, 0.5) is 5.69 Å². The third-order valence-electron chi connectivity index (χ3n) is 3.12. The Balaban J connectivity index is 2.37. The summed E-state index contributed by atoms with van der Waals surface area (Å²) in [6.45, 7) is 3.69. The van der Waals surface area contributed by atoms with Gasteiger partial charge < -0.3 is 9.64 Å². The van der Waals surface area contributed by atoms with Crippen LogP contribution < -0.4 is 9.64 Å². The average molecular weight is 262 g/mol. The second-order valence-corrected chi connectivity index (χ2v) is 4.94. The Labute approximate surface area is 112 Å². The molecule has 0 saturated heterocycles. The van der Waals surface area contributed by atoms with Crippen LogP contribution in [-0.4, -0.2) is 43.5 Å². The molecule has 0 N–H and O–H groups in total. The lowest BCUT2D eigenvalue weighted by Gasteiger charge is -2.33. The van der Waals surface area contributed by atoms with Gasteiger partial charge in [0.2, 0.25) is 5.91 Å². The van der Waals surface area contributed by atoms with E-state index in [1.54, 1.807) is 21.0 Å². The van der Waals surface area contributed by atoms with Gasteiger partial charge in [0.15, 0.2) is 6.10 Å². The second-order valence-electron chi connectivity index (χ2n) is 4.94. The third kappa shape index (κ3) is 2.54. The van der Waals surface area contributed by atoms with Crippen molar-refractivity contribution in [3.05, 3.63) is 23.8 Å². The summed E-state index contributed by atoms with van der Waals surface area (Å²) in [7, 11) is 3.35. The van der Waals surface area contributed by atoms with Crippen molar-refractivity contribution < 1.29 is 14.3 Å². The summed E-state index contributed by atoms with van der Waals surface area (Å²) in [6, 6.07) is 5.60. The van der Waals surface area contributed by atoms with Crippen LogP contribution in [0.2, 0.25) is 0 Å². The Hall–Kier alpha value is -2.04. The largest absolute Gasteiger partial charge is 0.479 e. The first-order chi connectivity index (χ1) is 8.90. The van der Waals surface area contributed by atoms with Crippen LogP contribution in [0.25, 0.3) is 0 Å². The highest BCUT2D eigenvalue weighted by molar-refractivity contribution is 6.03. The molecule has 0 radical (unpaired) electrons. The molecule has 0 saturated carbocycles. The van der Waals surface area contributed by atoms with Gasteiger partial charge in [0.05, 0.1) is 5.69 Å². The van der Waals surface area contributed by atoms with Gasteiger partial charge in [-0.1, -0.05) is 6.07 Å². The molecule has 2 rings (SSSR count). The Morgan fingerprint density at radius 1 is 1.42 bits per heavy atom. The highest BCUT2D eigenvalue weighted by Crippen LogP contribution is 2.34. The van der Waals surface area contributed by atoms with Crippen molar-refractivity contribution in [1.29, 1.82) is 0 Å². The minimum Gasteiger partial charge on any atom is -0.479 e. The summed E-state index contributed by atoms with van der Waals surface area (Å²) < 4.78 is 5.58. The smallest absolute Gasteiger partial charge is 0.268 e. The van der Waals surface area contributed by atoms with Gasteiger partial charge in [-0.25, -0.2) is 0 Å². The van der Waals surface area contributed by atoms with E-state index >= 15 is 0 Å². The number of benzene rings is 1. The van der Waals surface area contributed by atoms with E-state index < -0.39 is 6.10 Å². The number of fused-ring (bicyclic) bond motifs is 1. The average Bonchev–Trinajstić information content (AvgIpc) is 2.34. The zero-order chi connectivity index (χ0) is 14.2. The number of carbonyl (C=O) groups excluding carboxylic acids is 2. The lowest BCUT2D eigenvalue weighted by Crippen LogP contribution is -2.48. The van der Waals surface area contributed by atoms with Crippen LogP contribution in [0.1, 0.15) is 12.5 Å². The van der Waals surface area contributed by atoms with E-state index in [4.69, 9.17) is 4.74 Å². The van der Waals surface area contributed by atoms with Crippen molar-refractivity contribution >= 4 is 17.5 Å². The van der Waals surface area contributed by atoms with Crippen molar-refractivity contribution in [3.63, 3.8) is 0 Å². The van der Waals surface area contributed by atoms with E-state index in [9.17, 15) is 9.59 Å². The summed E-state index contributed by atoms with van der Waals surface area (Å²) >= 11 is 0. The number of carbonyl (C=O) groups is 2. The maximum absolute atomic E-state index is 12.2. The molecule has 1 heterocycles. The Kier molecular flexibility index (Phi) is 3.46. The van der Waals surface area contributed by atoms with Gasteiger partial charge in [-0.15, -0.1) is 0 Å². The van der Waals surface area contributed by atoms with Gasteiger partial charge in [-0.3, -0.25) is 14.5 Å². The number of rotatable bonds is 2. The van der Waals surface area contributed by atoms with Gasteiger partial charge in [-0.2, -0.15) is 0 Å². The van der Waals surface area contributed by atoms with Gasteiger partial charge in [-0.05, 0) is 31.5 Å². The SMILES string of the molecule is Cc1ccc2c(c1)OC(C)C(=O)N2CC(=O)N(C)C. The number of ether oxygens (including phenoxy) is 1. The summed E-state index contributed by atoms with van der Waals surface area (Å²) in [6.07, 6.45) is -0.565. The van der Waals surface area contributed by atoms with E-state index in [0.29, 0.717) is 11.4 Å². The predicted octanol–water partition coefficient (Wildman–Crippen LogP) is 1.20. The van der Waals surface area contributed by atoms with Crippen LogP contribution in [0, 0.1) is 6.92 Å². The zero-order valence-corrected chi connectivity index (χ0v) is 11.6. The van der Waals surface area contributed by atoms with Gasteiger partial charge in [0, 0.05) is 14.1 Å². The molecule has 0 aromatic heterocycles. The molecule has 102 valence electrons. The van der Waals surface area contributed by atoms with Crippen molar-refractivity contribution in [1.82, 2.24) is 4.90 Å². The van der Waals surface area contributed by atoms with Crippen molar-refractivity contribution in [2.24, 2.45) is 0 Å². The molecule has 1 atom stereocenters. The number of hydrogen-bond donors (Lipinski definition) is 0. The van der Waals surface area contributed by atoms with E-state index in [0.717, 1.165) is 5.56 Å². The highest BCUT2D eigenvalue weighted by atomic mass is 16.5. The molecule has 1 unspecified atom stereocenters. The summed E-state index contributed by atoms with van der Waals surface area (Å²) in [5, 5.41) is 0. The molecule has 0 bridgehead atoms. The summed E-state index contributed by atoms with van der Waals surface area (Å²) in [5.41, 5.74) is 1.71. The predicted molar refractivity (Wildman–Crippen MR) is 72.3 cm³/mol. The van der Waals surface area contributed by atoms with Crippen LogP contribution >= 0.6 is 0 Å². The minimum absolute atomic E-state index is 0.0373. The summed E-state index contributed by atoms with van der Waals surface area (Å²) in [5.74, 6) is 0.346.